The third kappa shape index (κ3) is 4.43. The molecule has 0 saturated carbocycles. The third-order valence-electron chi connectivity index (χ3n) is 3.93. The van der Waals surface area contributed by atoms with E-state index < -0.39 is 11.8 Å². The van der Waals surface area contributed by atoms with Crippen molar-refractivity contribution in [2.24, 2.45) is 0 Å². The molecule has 23 heavy (non-hydrogen) atoms. The molecular weight excluding hydrogens is 298 g/mol. The molecule has 0 aliphatic carbocycles. The smallest absolute Gasteiger partial charge is 0.315 e. The van der Waals surface area contributed by atoms with Gasteiger partial charge in [0.2, 0.25) is 5.91 Å². The molecule has 7 nitrogen and oxygen atoms in total. The van der Waals surface area contributed by atoms with Gasteiger partial charge in [0, 0.05) is 27.2 Å². The number of nitrogens with one attached hydrogen (secondary N) is 3. The lowest BCUT2D eigenvalue weighted by Crippen LogP contribution is -2.66. The fourth-order valence-corrected chi connectivity index (χ4v) is 2.65. The monoisotopic (exact) mass is 321 g/mol. The highest BCUT2D eigenvalue weighted by Crippen LogP contribution is 2.20. The van der Waals surface area contributed by atoms with Crippen LogP contribution >= 0.6 is 0 Å². The zero-order valence-electron chi connectivity index (χ0n) is 13.4. The number of hydrogen-bond acceptors (Lipinski definition) is 4. The summed E-state index contributed by atoms with van der Waals surface area (Å²) < 4.78 is 10.1. The van der Waals surface area contributed by atoms with Gasteiger partial charge in [0.05, 0.1) is 6.54 Å². The van der Waals surface area contributed by atoms with Gasteiger partial charge >= 0.3 is 6.03 Å². The van der Waals surface area contributed by atoms with Crippen LogP contribution in [0.25, 0.3) is 0 Å². The predicted molar refractivity (Wildman–Crippen MR) is 84.8 cm³/mol. The quantitative estimate of drug-likeness (QED) is 0.635. The highest BCUT2D eigenvalue weighted by molar-refractivity contribution is 5.92. The summed E-state index contributed by atoms with van der Waals surface area (Å²) in [5.41, 5.74) is 0.00953. The topological polar surface area (TPSA) is 88.7 Å². The Balaban J connectivity index is 2.13. The molecule has 1 aliphatic rings. The number of methoxy groups -OCH3 is 2. The van der Waals surface area contributed by atoms with E-state index in [0.29, 0.717) is 19.4 Å². The first-order valence-electron chi connectivity index (χ1n) is 7.53. The molecule has 1 saturated heterocycles. The van der Waals surface area contributed by atoms with E-state index in [9.17, 15) is 9.59 Å². The van der Waals surface area contributed by atoms with Crippen LogP contribution in [0.1, 0.15) is 12.0 Å². The van der Waals surface area contributed by atoms with Crippen molar-refractivity contribution in [1.82, 2.24) is 16.0 Å². The molecule has 1 aromatic carbocycles. The second-order valence-corrected chi connectivity index (χ2v) is 5.49. The van der Waals surface area contributed by atoms with Crippen molar-refractivity contribution in [3.05, 3.63) is 35.9 Å². The van der Waals surface area contributed by atoms with Crippen molar-refractivity contribution in [3.8, 4) is 0 Å². The summed E-state index contributed by atoms with van der Waals surface area (Å²) in [7, 11) is 3.01. The van der Waals surface area contributed by atoms with Gasteiger partial charge < -0.3 is 25.4 Å². The van der Waals surface area contributed by atoms with E-state index in [0.717, 1.165) is 5.56 Å². The van der Waals surface area contributed by atoms with Crippen LogP contribution in [0.3, 0.4) is 0 Å². The molecule has 2 rings (SSSR count). The molecule has 1 aliphatic heterocycles. The summed E-state index contributed by atoms with van der Waals surface area (Å²) in [6.45, 7) is 0.662. The average molecular weight is 321 g/mol. The molecule has 0 radical (unpaired) electrons. The van der Waals surface area contributed by atoms with Gasteiger partial charge in [0.15, 0.2) is 6.29 Å². The molecule has 1 heterocycles. The van der Waals surface area contributed by atoms with Gasteiger partial charge in [-0.2, -0.15) is 0 Å². The Labute approximate surface area is 135 Å². The maximum atomic E-state index is 12.7. The van der Waals surface area contributed by atoms with E-state index in [4.69, 9.17) is 9.47 Å². The molecule has 1 atom stereocenters. The Kier molecular flexibility index (Phi) is 5.95. The first kappa shape index (κ1) is 17.2. The van der Waals surface area contributed by atoms with Crippen LogP contribution in [-0.4, -0.2) is 51.1 Å². The van der Waals surface area contributed by atoms with Crippen LogP contribution in [0.15, 0.2) is 30.3 Å². The van der Waals surface area contributed by atoms with Crippen LogP contribution in [0, 0.1) is 0 Å². The van der Waals surface area contributed by atoms with Gasteiger partial charge in [-0.3, -0.25) is 4.79 Å². The van der Waals surface area contributed by atoms with Gasteiger partial charge in [0.25, 0.3) is 0 Å². The number of benzene rings is 1. The second-order valence-electron chi connectivity index (χ2n) is 5.49. The number of carbonyl (C=O) groups excluding carboxylic acids is 2. The zero-order chi connectivity index (χ0) is 16.7. The Morgan fingerprint density at radius 2 is 2.00 bits per heavy atom. The maximum Gasteiger partial charge on any atom is 0.315 e. The highest BCUT2D eigenvalue weighted by atomic mass is 16.7. The Morgan fingerprint density at radius 1 is 1.30 bits per heavy atom. The standard InChI is InChI=1S/C16H23N3O4/c1-22-13(23-2)11-18-14(20)16(8-9-17-15(21)19-16)10-12-6-4-3-5-7-12/h3-7,13H,8-11H2,1-2H3,(H,18,20)(H2,17,19,21)/t16-/m0/s1. The highest BCUT2D eigenvalue weighted by Gasteiger charge is 2.42. The minimum atomic E-state index is -0.976. The molecular formula is C16H23N3O4. The van der Waals surface area contributed by atoms with Crippen molar-refractivity contribution in [2.75, 3.05) is 27.3 Å². The van der Waals surface area contributed by atoms with Crippen molar-refractivity contribution >= 4 is 11.9 Å². The molecule has 3 N–H and O–H groups in total. The van der Waals surface area contributed by atoms with E-state index in [-0.39, 0.29) is 18.5 Å². The molecule has 0 bridgehead atoms. The Morgan fingerprint density at radius 3 is 2.61 bits per heavy atom. The largest absolute Gasteiger partial charge is 0.354 e. The minimum Gasteiger partial charge on any atom is -0.354 e. The van der Waals surface area contributed by atoms with Crippen LogP contribution in [0.2, 0.25) is 0 Å². The molecule has 1 fully saturated rings. The van der Waals surface area contributed by atoms with Crippen molar-refractivity contribution < 1.29 is 19.1 Å². The number of ether oxygens (including phenoxy) is 2. The number of carbonyl (C=O) groups is 2. The Hall–Kier alpha value is -2.12. The minimum absolute atomic E-state index is 0.214. The predicted octanol–water partition coefficient (Wildman–Crippen LogP) is 0.406. The summed E-state index contributed by atoms with van der Waals surface area (Å²) in [6, 6.07) is 9.29. The summed E-state index contributed by atoms with van der Waals surface area (Å²) in [5.74, 6) is -0.240. The van der Waals surface area contributed by atoms with Crippen LogP contribution in [0.4, 0.5) is 4.79 Å². The van der Waals surface area contributed by atoms with Crippen molar-refractivity contribution in [2.45, 2.75) is 24.7 Å². The van der Waals surface area contributed by atoms with E-state index in [1.54, 1.807) is 0 Å². The second kappa shape index (κ2) is 7.94. The van der Waals surface area contributed by atoms with Crippen molar-refractivity contribution in [1.29, 1.82) is 0 Å². The van der Waals surface area contributed by atoms with Crippen LogP contribution in [-0.2, 0) is 20.7 Å². The summed E-state index contributed by atoms with van der Waals surface area (Å²) in [6.07, 6.45) is 0.409. The lowest BCUT2D eigenvalue weighted by Gasteiger charge is -2.37. The van der Waals surface area contributed by atoms with Gasteiger partial charge in [-0.25, -0.2) is 4.79 Å². The molecule has 0 unspecified atom stereocenters. The third-order valence-corrected chi connectivity index (χ3v) is 3.93. The normalized spacial score (nSPS) is 20.7. The zero-order valence-corrected chi connectivity index (χ0v) is 13.4. The molecule has 3 amide bonds. The summed E-state index contributed by atoms with van der Waals surface area (Å²) in [5, 5.41) is 8.28. The Bertz CT molecular complexity index is 533. The van der Waals surface area contributed by atoms with E-state index in [1.807, 2.05) is 30.3 Å². The van der Waals surface area contributed by atoms with E-state index >= 15 is 0 Å². The number of rotatable bonds is 7. The average Bonchev–Trinajstić information content (AvgIpc) is 2.56. The van der Waals surface area contributed by atoms with Crippen LogP contribution in [0.5, 0.6) is 0 Å². The lowest BCUT2D eigenvalue weighted by atomic mass is 9.85. The number of amides is 3. The molecule has 1 aromatic rings. The SMILES string of the molecule is COC(CNC(=O)[C@@]1(Cc2ccccc2)CCNC(=O)N1)OC. The number of urea groups is 1. The van der Waals surface area contributed by atoms with E-state index in [2.05, 4.69) is 16.0 Å². The van der Waals surface area contributed by atoms with Gasteiger partial charge in [-0.05, 0) is 12.0 Å². The van der Waals surface area contributed by atoms with Gasteiger partial charge in [-0.1, -0.05) is 30.3 Å². The maximum absolute atomic E-state index is 12.7. The van der Waals surface area contributed by atoms with Gasteiger partial charge in [0.1, 0.15) is 5.54 Å². The molecule has 126 valence electrons. The fraction of sp³-hybridized carbons (Fsp3) is 0.500. The molecule has 7 heteroatoms. The molecule has 0 spiro atoms. The van der Waals surface area contributed by atoms with Gasteiger partial charge in [-0.15, -0.1) is 0 Å². The van der Waals surface area contributed by atoms with Crippen LogP contribution < -0.4 is 16.0 Å². The fourth-order valence-electron chi connectivity index (χ4n) is 2.65. The first-order chi connectivity index (χ1) is 11.1. The molecule has 0 aromatic heterocycles. The summed E-state index contributed by atoms with van der Waals surface area (Å²) in [4.78, 5) is 24.5. The first-order valence-corrected chi connectivity index (χ1v) is 7.53. The van der Waals surface area contributed by atoms with E-state index in [1.165, 1.54) is 14.2 Å². The number of hydrogen-bond donors (Lipinski definition) is 3. The summed E-state index contributed by atoms with van der Waals surface area (Å²) >= 11 is 0. The van der Waals surface area contributed by atoms with Crippen molar-refractivity contribution in [3.63, 3.8) is 0 Å². The lowest BCUT2D eigenvalue weighted by molar-refractivity contribution is -0.133.